The summed E-state index contributed by atoms with van der Waals surface area (Å²) in [5.74, 6) is -0.456. The first kappa shape index (κ1) is 15.9. The third-order valence-electron chi connectivity index (χ3n) is 2.98. The van der Waals surface area contributed by atoms with Crippen LogP contribution in [0.4, 0.5) is 10.1 Å². The standard InChI is InChI=1S/C14H14BrFN2O2S/c1-9(11-4-2-3-5-13(11)16)18-21(19,20)10-6-7-12(15)14(17)8-10/h2-9,18H,17H2,1H3. The van der Waals surface area contributed by atoms with Crippen LogP contribution in [0.25, 0.3) is 0 Å². The number of nitrogen functional groups attached to an aromatic ring is 1. The van der Waals surface area contributed by atoms with Crippen molar-refractivity contribution in [3.63, 3.8) is 0 Å². The van der Waals surface area contributed by atoms with Gasteiger partial charge in [0, 0.05) is 21.8 Å². The predicted octanol–water partition coefficient (Wildman–Crippen LogP) is 3.21. The van der Waals surface area contributed by atoms with Gasteiger partial charge in [-0.15, -0.1) is 0 Å². The van der Waals surface area contributed by atoms with Gasteiger partial charge in [0.2, 0.25) is 10.0 Å². The lowest BCUT2D eigenvalue weighted by Gasteiger charge is -2.15. The lowest BCUT2D eigenvalue weighted by atomic mass is 10.1. The van der Waals surface area contributed by atoms with Gasteiger partial charge in [0.15, 0.2) is 0 Å². The first-order valence-electron chi connectivity index (χ1n) is 6.13. The summed E-state index contributed by atoms with van der Waals surface area (Å²) in [6.45, 7) is 1.58. The van der Waals surface area contributed by atoms with E-state index in [1.807, 2.05) is 0 Å². The van der Waals surface area contributed by atoms with Crippen LogP contribution in [0.3, 0.4) is 0 Å². The summed E-state index contributed by atoms with van der Waals surface area (Å²) >= 11 is 3.20. The molecule has 0 heterocycles. The fraction of sp³-hybridized carbons (Fsp3) is 0.143. The van der Waals surface area contributed by atoms with Gasteiger partial charge >= 0.3 is 0 Å². The minimum atomic E-state index is -3.78. The number of hydrogen-bond acceptors (Lipinski definition) is 3. The summed E-state index contributed by atoms with van der Waals surface area (Å²) in [7, 11) is -3.78. The molecule has 0 aromatic heterocycles. The van der Waals surface area contributed by atoms with Crippen LogP contribution in [0.2, 0.25) is 0 Å². The Hall–Kier alpha value is -1.44. The van der Waals surface area contributed by atoms with E-state index >= 15 is 0 Å². The largest absolute Gasteiger partial charge is 0.398 e. The number of benzene rings is 2. The molecule has 0 aliphatic heterocycles. The number of rotatable bonds is 4. The van der Waals surface area contributed by atoms with Crippen molar-refractivity contribution in [3.8, 4) is 0 Å². The predicted molar refractivity (Wildman–Crippen MR) is 83.7 cm³/mol. The van der Waals surface area contributed by atoms with Crippen LogP contribution in [-0.2, 0) is 10.0 Å². The van der Waals surface area contributed by atoms with E-state index in [1.165, 1.54) is 18.2 Å². The molecule has 1 atom stereocenters. The number of nitrogens with two attached hydrogens (primary N) is 1. The van der Waals surface area contributed by atoms with Crippen LogP contribution in [-0.4, -0.2) is 8.42 Å². The van der Waals surface area contributed by atoms with Crippen molar-refractivity contribution >= 4 is 31.6 Å². The van der Waals surface area contributed by atoms with Crippen molar-refractivity contribution in [2.24, 2.45) is 0 Å². The van der Waals surface area contributed by atoms with Crippen molar-refractivity contribution < 1.29 is 12.8 Å². The quantitative estimate of drug-likeness (QED) is 0.809. The molecule has 0 amide bonds. The number of anilines is 1. The van der Waals surface area contributed by atoms with E-state index in [9.17, 15) is 12.8 Å². The molecule has 21 heavy (non-hydrogen) atoms. The lowest BCUT2D eigenvalue weighted by molar-refractivity contribution is 0.550. The molecule has 0 spiro atoms. The van der Waals surface area contributed by atoms with Crippen LogP contribution < -0.4 is 10.5 Å². The zero-order chi connectivity index (χ0) is 15.6. The second-order valence-corrected chi connectivity index (χ2v) is 7.12. The van der Waals surface area contributed by atoms with E-state index in [0.29, 0.717) is 10.2 Å². The third-order valence-corrected chi connectivity index (χ3v) is 5.24. The van der Waals surface area contributed by atoms with Gasteiger partial charge in [-0.1, -0.05) is 18.2 Å². The molecule has 0 saturated carbocycles. The van der Waals surface area contributed by atoms with Gasteiger partial charge in [0.1, 0.15) is 5.82 Å². The van der Waals surface area contributed by atoms with Crippen molar-refractivity contribution in [3.05, 3.63) is 58.3 Å². The molecule has 0 aliphatic carbocycles. The summed E-state index contributed by atoms with van der Waals surface area (Å²) in [6, 6.07) is 9.67. The smallest absolute Gasteiger partial charge is 0.241 e. The molecule has 2 rings (SSSR count). The molecule has 0 aliphatic rings. The van der Waals surface area contributed by atoms with E-state index in [1.54, 1.807) is 31.2 Å². The highest BCUT2D eigenvalue weighted by molar-refractivity contribution is 9.10. The average Bonchev–Trinajstić information content (AvgIpc) is 2.41. The molecule has 3 N–H and O–H groups in total. The van der Waals surface area contributed by atoms with Crippen LogP contribution in [0.15, 0.2) is 51.8 Å². The highest BCUT2D eigenvalue weighted by Gasteiger charge is 2.20. The number of nitrogens with one attached hydrogen (secondary N) is 1. The summed E-state index contributed by atoms with van der Waals surface area (Å²) in [6.07, 6.45) is 0. The minimum Gasteiger partial charge on any atom is -0.398 e. The molecular formula is C14H14BrFN2O2S. The van der Waals surface area contributed by atoms with Gasteiger partial charge in [-0.25, -0.2) is 17.5 Å². The second kappa shape index (κ2) is 6.13. The summed E-state index contributed by atoms with van der Waals surface area (Å²) in [4.78, 5) is 0.0337. The fourth-order valence-electron chi connectivity index (χ4n) is 1.88. The van der Waals surface area contributed by atoms with Gasteiger partial charge in [-0.2, -0.15) is 0 Å². The lowest BCUT2D eigenvalue weighted by Crippen LogP contribution is -2.27. The first-order chi connectivity index (χ1) is 9.81. The monoisotopic (exact) mass is 372 g/mol. The third kappa shape index (κ3) is 3.61. The van der Waals surface area contributed by atoms with Crippen molar-refractivity contribution in [2.45, 2.75) is 17.9 Å². The average molecular weight is 373 g/mol. The van der Waals surface area contributed by atoms with Crippen molar-refractivity contribution in [1.29, 1.82) is 0 Å². The molecule has 0 saturated heterocycles. The van der Waals surface area contributed by atoms with Gasteiger partial charge < -0.3 is 5.73 Å². The van der Waals surface area contributed by atoms with Crippen LogP contribution in [0, 0.1) is 5.82 Å². The van der Waals surface area contributed by atoms with E-state index in [2.05, 4.69) is 20.7 Å². The molecule has 0 bridgehead atoms. The SMILES string of the molecule is CC(NS(=O)(=O)c1ccc(Br)c(N)c1)c1ccccc1F. The molecule has 7 heteroatoms. The Morgan fingerprint density at radius 1 is 1.24 bits per heavy atom. The van der Waals surface area contributed by atoms with E-state index < -0.39 is 21.9 Å². The molecular weight excluding hydrogens is 359 g/mol. The Morgan fingerprint density at radius 3 is 2.52 bits per heavy atom. The van der Waals surface area contributed by atoms with Gasteiger partial charge in [0.05, 0.1) is 4.90 Å². The molecule has 2 aromatic carbocycles. The molecule has 0 radical (unpaired) electrons. The zero-order valence-corrected chi connectivity index (χ0v) is 13.6. The van der Waals surface area contributed by atoms with Crippen LogP contribution in [0.1, 0.15) is 18.5 Å². The Labute approximate surface area is 131 Å². The number of sulfonamides is 1. The Morgan fingerprint density at radius 2 is 1.90 bits per heavy atom. The first-order valence-corrected chi connectivity index (χ1v) is 8.40. The maximum Gasteiger partial charge on any atom is 0.241 e. The van der Waals surface area contributed by atoms with Gasteiger partial charge in [0.25, 0.3) is 0 Å². The fourth-order valence-corrected chi connectivity index (χ4v) is 3.38. The minimum absolute atomic E-state index is 0.0337. The summed E-state index contributed by atoms with van der Waals surface area (Å²) in [5.41, 5.74) is 6.28. The highest BCUT2D eigenvalue weighted by atomic mass is 79.9. The molecule has 2 aromatic rings. The second-order valence-electron chi connectivity index (χ2n) is 4.55. The zero-order valence-electron chi connectivity index (χ0n) is 11.2. The Kier molecular flexibility index (Phi) is 4.65. The number of halogens is 2. The summed E-state index contributed by atoms with van der Waals surface area (Å²) in [5, 5.41) is 0. The maximum absolute atomic E-state index is 13.7. The van der Waals surface area contributed by atoms with E-state index in [0.717, 1.165) is 0 Å². The van der Waals surface area contributed by atoms with E-state index in [-0.39, 0.29) is 10.5 Å². The topological polar surface area (TPSA) is 72.2 Å². The van der Waals surface area contributed by atoms with Crippen LogP contribution >= 0.6 is 15.9 Å². The van der Waals surface area contributed by atoms with Crippen molar-refractivity contribution in [1.82, 2.24) is 4.72 Å². The van der Waals surface area contributed by atoms with E-state index in [4.69, 9.17) is 5.73 Å². The maximum atomic E-state index is 13.7. The van der Waals surface area contributed by atoms with Crippen molar-refractivity contribution in [2.75, 3.05) is 5.73 Å². The summed E-state index contributed by atoms with van der Waals surface area (Å²) < 4.78 is 41.3. The normalized spacial score (nSPS) is 13.1. The van der Waals surface area contributed by atoms with Gasteiger partial charge in [-0.3, -0.25) is 0 Å². The number of hydrogen-bond donors (Lipinski definition) is 2. The molecule has 0 fully saturated rings. The molecule has 1 unspecified atom stereocenters. The van der Waals surface area contributed by atoms with Crippen LogP contribution in [0.5, 0.6) is 0 Å². The molecule has 112 valence electrons. The highest BCUT2D eigenvalue weighted by Crippen LogP contribution is 2.24. The Bertz CT molecular complexity index is 765. The van der Waals surface area contributed by atoms with Gasteiger partial charge in [-0.05, 0) is 47.1 Å². The molecule has 4 nitrogen and oxygen atoms in total. The Balaban J connectivity index is 2.29.